The van der Waals surface area contributed by atoms with Crippen molar-refractivity contribution < 1.29 is 9.90 Å². The highest BCUT2D eigenvalue weighted by Crippen LogP contribution is 2.35. The molecule has 0 amide bonds. The normalized spacial score (nSPS) is 25.0. The number of nitrogens with zero attached hydrogens (tertiary/aromatic N) is 1. The van der Waals surface area contributed by atoms with E-state index in [-0.39, 0.29) is 11.5 Å². The van der Waals surface area contributed by atoms with E-state index in [2.05, 4.69) is 56.9 Å². The van der Waals surface area contributed by atoms with Crippen LogP contribution >= 0.6 is 0 Å². The van der Waals surface area contributed by atoms with E-state index in [1.807, 2.05) is 6.92 Å². The molecular formula is C18H27NO2. The van der Waals surface area contributed by atoms with Gasteiger partial charge in [0.2, 0.25) is 0 Å². The van der Waals surface area contributed by atoms with Gasteiger partial charge in [-0.05, 0) is 43.4 Å². The monoisotopic (exact) mass is 289 g/mol. The van der Waals surface area contributed by atoms with E-state index in [0.29, 0.717) is 6.54 Å². The van der Waals surface area contributed by atoms with Crippen molar-refractivity contribution in [2.24, 2.45) is 5.41 Å². The third-order valence-corrected chi connectivity index (χ3v) is 4.83. The Hall–Kier alpha value is -1.35. The lowest BCUT2D eigenvalue weighted by molar-refractivity contribution is -0.147. The van der Waals surface area contributed by atoms with E-state index in [1.165, 1.54) is 11.1 Å². The zero-order valence-corrected chi connectivity index (χ0v) is 13.8. The Morgan fingerprint density at radius 3 is 2.29 bits per heavy atom. The van der Waals surface area contributed by atoms with E-state index in [4.69, 9.17) is 0 Å². The SMILES string of the molecule is CC(c1ccc(C(C)(C)C)cc1)N1CCC(C)(C(=O)O)C1. The fraction of sp³-hybridized carbons (Fsp3) is 0.611. The highest BCUT2D eigenvalue weighted by atomic mass is 16.4. The van der Waals surface area contributed by atoms with Gasteiger partial charge in [0, 0.05) is 12.6 Å². The lowest BCUT2D eigenvalue weighted by atomic mass is 9.86. The highest BCUT2D eigenvalue weighted by molar-refractivity contribution is 5.74. The molecule has 1 fully saturated rings. The summed E-state index contributed by atoms with van der Waals surface area (Å²) in [4.78, 5) is 13.6. The lowest BCUT2D eigenvalue weighted by Crippen LogP contribution is -2.32. The van der Waals surface area contributed by atoms with Crippen LogP contribution in [0.3, 0.4) is 0 Å². The number of hydrogen-bond acceptors (Lipinski definition) is 2. The summed E-state index contributed by atoms with van der Waals surface area (Å²) in [7, 11) is 0. The molecule has 3 nitrogen and oxygen atoms in total. The molecule has 0 spiro atoms. The average molecular weight is 289 g/mol. The lowest BCUT2D eigenvalue weighted by Gasteiger charge is -2.27. The number of hydrogen-bond donors (Lipinski definition) is 1. The standard InChI is InChI=1S/C18H27NO2/c1-13(19-11-10-18(5,12-19)16(20)21)14-6-8-15(9-7-14)17(2,3)4/h6-9,13H,10-12H2,1-5H3,(H,20,21). The summed E-state index contributed by atoms with van der Waals surface area (Å²) in [5.41, 5.74) is 2.16. The summed E-state index contributed by atoms with van der Waals surface area (Å²) < 4.78 is 0. The van der Waals surface area contributed by atoms with Crippen molar-refractivity contribution in [2.75, 3.05) is 13.1 Å². The first kappa shape index (κ1) is 16.0. The molecule has 0 radical (unpaired) electrons. The van der Waals surface area contributed by atoms with Crippen LogP contribution in [0.2, 0.25) is 0 Å². The van der Waals surface area contributed by atoms with Crippen LogP contribution in [0.15, 0.2) is 24.3 Å². The van der Waals surface area contributed by atoms with Crippen LogP contribution in [0.25, 0.3) is 0 Å². The summed E-state index contributed by atoms with van der Waals surface area (Å²) >= 11 is 0. The quantitative estimate of drug-likeness (QED) is 0.919. The molecule has 2 atom stereocenters. The summed E-state index contributed by atoms with van der Waals surface area (Å²) in [5.74, 6) is -0.680. The fourth-order valence-electron chi connectivity index (χ4n) is 2.97. The molecule has 2 unspecified atom stereocenters. The Labute approximate surface area is 128 Å². The van der Waals surface area contributed by atoms with Crippen molar-refractivity contribution in [2.45, 2.75) is 52.5 Å². The van der Waals surface area contributed by atoms with Crippen LogP contribution in [0.1, 0.15) is 58.2 Å². The molecule has 0 bridgehead atoms. The Morgan fingerprint density at radius 2 is 1.86 bits per heavy atom. The van der Waals surface area contributed by atoms with E-state index in [9.17, 15) is 9.90 Å². The number of likely N-dealkylation sites (tertiary alicyclic amines) is 1. The van der Waals surface area contributed by atoms with Gasteiger partial charge in [0.15, 0.2) is 0 Å². The molecule has 1 aliphatic heterocycles. The summed E-state index contributed by atoms with van der Waals surface area (Å²) in [6, 6.07) is 9.01. The van der Waals surface area contributed by atoms with Gasteiger partial charge in [-0.3, -0.25) is 9.69 Å². The van der Waals surface area contributed by atoms with Crippen LogP contribution in [-0.2, 0) is 10.2 Å². The maximum Gasteiger partial charge on any atom is 0.310 e. The first-order chi connectivity index (χ1) is 9.63. The van der Waals surface area contributed by atoms with Crippen molar-refractivity contribution in [3.8, 4) is 0 Å². The van der Waals surface area contributed by atoms with Gasteiger partial charge in [-0.15, -0.1) is 0 Å². The van der Waals surface area contributed by atoms with Gasteiger partial charge in [0.1, 0.15) is 0 Å². The molecule has 116 valence electrons. The second-order valence-electron chi connectivity index (χ2n) is 7.63. The van der Waals surface area contributed by atoms with Crippen molar-refractivity contribution >= 4 is 5.97 Å². The maximum absolute atomic E-state index is 11.4. The summed E-state index contributed by atoms with van der Waals surface area (Å²) in [6.07, 6.45) is 0.729. The van der Waals surface area contributed by atoms with Crippen LogP contribution in [-0.4, -0.2) is 29.1 Å². The van der Waals surface area contributed by atoms with Crippen LogP contribution in [0.4, 0.5) is 0 Å². The van der Waals surface area contributed by atoms with Crippen molar-refractivity contribution in [1.82, 2.24) is 4.90 Å². The molecule has 1 aromatic rings. The first-order valence-corrected chi connectivity index (χ1v) is 7.71. The predicted molar refractivity (Wildman–Crippen MR) is 85.5 cm³/mol. The van der Waals surface area contributed by atoms with Crippen LogP contribution in [0, 0.1) is 5.41 Å². The number of benzene rings is 1. The third-order valence-electron chi connectivity index (χ3n) is 4.83. The number of carboxylic acid groups (broad SMARTS) is 1. The predicted octanol–water partition coefficient (Wildman–Crippen LogP) is 3.84. The van der Waals surface area contributed by atoms with Gasteiger partial charge in [-0.1, -0.05) is 45.0 Å². The Morgan fingerprint density at radius 1 is 1.29 bits per heavy atom. The molecule has 3 heteroatoms. The van der Waals surface area contributed by atoms with Gasteiger partial charge in [0.25, 0.3) is 0 Å². The zero-order valence-electron chi connectivity index (χ0n) is 13.8. The Bertz CT molecular complexity index is 515. The van der Waals surface area contributed by atoms with Gasteiger partial charge < -0.3 is 5.11 Å². The number of rotatable bonds is 3. The maximum atomic E-state index is 11.4. The first-order valence-electron chi connectivity index (χ1n) is 7.71. The van der Waals surface area contributed by atoms with E-state index < -0.39 is 11.4 Å². The van der Waals surface area contributed by atoms with Crippen LogP contribution < -0.4 is 0 Å². The minimum Gasteiger partial charge on any atom is -0.481 e. The molecular weight excluding hydrogens is 262 g/mol. The van der Waals surface area contributed by atoms with E-state index >= 15 is 0 Å². The second-order valence-corrected chi connectivity index (χ2v) is 7.63. The minimum atomic E-state index is -0.680. The molecule has 0 aromatic heterocycles. The number of aliphatic carboxylic acids is 1. The zero-order chi connectivity index (χ0) is 15.8. The number of carbonyl (C=O) groups is 1. The molecule has 0 saturated carbocycles. The molecule has 2 rings (SSSR count). The van der Waals surface area contributed by atoms with Crippen LogP contribution in [0.5, 0.6) is 0 Å². The molecule has 1 aromatic carbocycles. The smallest absolute Gasteiger partial charge is 0.310 e. The molecule has 1 N–H and O–H groups in total. The molecule has 1 heterocycles. The Balaban J connectivity index is 2.11. The topological polar surface area (TPSA) is 40.5 Å². The second kappa shape index (κ2) is 5.45. The van der Waals surface area contributed by atoms with Gasteiger partial charge in [-0.2, -0.15) is 0 Å². The van der Waals surface area contributed by atoms with Gasteiger partial charge >= 0.3 is 5.97 Å². The average Bonchev–Trinajstić information content (AvgIpc) is 2.81. The van der Waals surface area contributed by atoms with Crippen molar-refractivity contribution in [3.05, 3.63) is 35.4 Å². The molecule has 1 aliphatic rings. The highest BCUT2D eigenvalue weighted by Gasteiger charge is 2.41. The fourth-order valence-corrected chi connectivity index (χ4v) is 2.97. The molecule has 1 saturated heterocycles. The molecule has 0 aliphatic carbocycles. The van der Waals surface area contributed by atoms with Gasteiger partial charge in [0.05, 0.1) is 5.41 Å². The van der Waals surface area contributed by atoms with E-state index in [1.54, 1.807) is 0 Å². The summed E-state index contributed by atoms with van der Waals surface area (Å²) in [5, 5.41) is 9.34. The summed E-state index contributed by atoms with van der Waals surface area (Å²) in [6.45, 7) is 12.1. The Kier molecular flexibility index (Phi) is 4.16. The minimum absolute atomic E-state index is 0.164. The number of carboxylic acids is 1. The van der Waals surface area contributed by atoms with E-state index in [0.717, 1.165) is 13.0 Å². The van der Waals surface area contributed by atoms with Gasteiger partial charge in [-0.25, -0.2) is 0 Å². The van der Waals surface area contributed by atoms with Crippen molar-refractivity contribution in [3.63, 3.8) is 0 Å². The third kappa shape index (κ3) is 3.29. The largest absolute Gasteiger partial charge is 0.481 e. The molecule has 21 heavy (non-hydrogen) atoms. The van der Waals surface area contributed by atoms with Crippen molar-refractivity contribution in [1.29, 1.82) is 0 Å².